The van der Waals surface area contributed by atoms with Crippen molar-refractivity contribution in [1.82, 2.24) is 4.90 Å². The lowest BCUT2D eigenvalue weighted by Crippen LogP contribution is -2.30. The fourth-order valence-electron chi connectivity index (χ4n) is 1.56. The molecule has 1 fully saturated rings. The monoisotopic (exact) mass is 197 g/mol. The molecular formula is C11H23N3. The highest BCUT2D eigenvalue weighted by Crippen LogP contribution is 2.12. The molecular weight excluding hydrogens is 174 g/mol. The van der Waals surface area contributed by atoms with E-state index in [1.54, 1.807) is 0 Å². The van der Waals surface area contributed by atoms with Crippen LogP contribution in [-0.4, -0.2) is 36.9 Å². The summed E-state index contributed by atoms with van der Waals surface area (Å²) in [6.45, 7) is 10.7. The minimum atomic E-state index is 0.0189. The Hall–Kier alpha value is -0.570. The maximum Gasteiger partial charge on any atom is 0.0991 e. The van der Waals surface area contributed by atoms with E-state index < -0.39 is 0 Å². The Kier molecular flexibility index (Phi) is 3.93. The normalized spacial score (nSPS) is 20.4. The predicted octanol–water partition coefficient (Wildman–Crippen LogP) is 1.49. The van der Waals surface area contributed by atoms with Crippen molar-refractivity contribution in [2.45, 2.75) is 33.6 Å². The first-order valence-electron chi connectivity index (χ1n) is 5.53. The van der Waals surface area contributed by atoms with Crippen LogP contribution in [0.2, 0.25) is 0 Å². The number of hydrogen-bond acceptors (Lipinski definition) is 2. The molecule has 0 aliphatic carbocycles. The standard InChI is InChI=1S/C11H23N3/c1-11(2,3)10(12)13-6-9-14-7-4-5-8-14/h4-9H2,1-3H3,(H2,12,13). The summed E-state index contributed by atoms with van der Waals surface area (Å²) in [5.74, 6) is 0.775. The van der Waals surface area contributed by atoms with E-state index in [9.17, 15) is 0 Å². The quantitative estimate of drug-likeness (QED) is 0.550. The van der Waals surface area contributed by atoms with Crippen LogP contribution in [0.1, 0.15) is 33.6 Å². The summed E-state index contributed by atoms with van der Waals surface area (Å²) in [6.07, 6.45) is 2.69. The summed E-state index contributed by atoms with van der Waals surface area (Å²) in [5.41, 5.74) is 5.89. The second-order valence-corrected chi connectivity index (χ2v) is 5.07. The van der Waals surface area contributed by atoms with E-state index in [1.807, 2.05) is 0 Å². The number of nitrogens with two attached hydrogens (primary N) is 1. The number of aliphatic imine (C=N–C) groups is 1. The topological polar surface area (TPSA) is 41.6 Å². The van der Waals surface area contributed by atoms with Crippen LogP contribution < -0.4 is 5.73 Å². The number of nitrogens with zero attached hydrogens (tertiary/aromatic N) is 2. The molecule has 3 nitrogen and oxygen atoms in total. The summed E-state index contributed by atoms with van der Waals surface area (Å²) in [4.78, 5) is 6.87. The molecule has 0 aromatic carbocycles. The smallest absolute Gasteiger partial charge is 0.0991 e. The van der Waals surface area contributed by atoms with Crippen LogP contribution in [0.15, 0.2) is 4.99 Å². The molecule has 0 spiro atoms. The molecule has 2 N–H and O–H groups in total. The van der Waals surface area contributed by atoms with Gasteiger partial charge in [0.1, 0.15) is 0 Å². The van der Waals surface area contributed by atoms with Gasteiger partial charge in [0.25, 0.3) is 0 Å². The van der Waals surface area contributed by atoms with Crippen molar-refractivity contribution in [2.24, 2.45) is 16.1 Å². The van der Waals surface area contributed by atoms with Gasteiger partial charge in [0.05, 0.1) is 12.4 Å². The lowest BCUT2D eigenvalue weighted by molar-refractivity contribution is 0.348. The molecule has 1 rings (SSSR count). The van der Waals surface area contributed by atoms with Crippen molar-refractivity contribution in [3.05, 3.63) is 0 Å². The summed E-state index contributed by atoms with van der Waals surface area (Å²) < 4.78 is 0. The van der Waals surface area contributed by atoms with Gasteiger partial charge in [-0.15, -0.1) is 0 Å². The predicted molar refractivity (Wildman–Crippen MR) is 61.6 cm³/mol. The Morgan fingerprint density at radius 2 is 1.86 bits per heavy atom. The number of rotatable bonds is 3. The largest absolute Gasteiger partial charge is 0.387 e. The zero-order chi connectivity index (χ0) is 10.6. The van der Waals surface area contributed by atoms with Gasteiger partial charge >= 0.3 is 0 Å². The second-order valence-electron chi connectivity index (χ2n) is 5.07. The molecule has 1 saturated heterocycles. The molecule has 1 aliphatic rings. The van der Waals surface area contributed by atoms with Crippen molar-refractivity contribution in [3.63, 3.8) is 0 Å². The molecule has 0 saturated carbocycles. The zero-order valence-electron chi connectivity index (χ0n) is 9.71. The molecule has 0 bridgehead atoms. The van der Waals surface area contributed by atoms with Crippen LogP contribution in [0, 0.1) is 5.41 Å². The van der Waals surface area contributed by atoms with E-state index in [4.69, 9.17) is 5.73 Å². The molecule has 14 heavy (non-hydrogen) atoms. The van der Waals surface area contributed by atoms with E-state index in [1.165, 1.54) is 25.9 Å². The Balaban J connectivity index is 2.25. The minimum Gasteiger partial charge on any atom is -0.387 e. The number of likely N-dealkylation sites (tertiary alicyclic amines) is 1. The fourth-order valence-corrected chi connectivity index (χ4v) is 1.56. The van der Waals surface area contributed by atoms with Gasteiger partial charge in [-0.05, 0) is 25.9 Å². The van der Waals surface area contributed by atoms with Gasteiger partial charge in [0.15, 0.2) is 0 Å². The molecule has 0 aromatic rings. The number of amidine groups is 1. The first-order valence-corrected chi connectivity index (χ1v) is 5.53. The van der Waals surface area contributed by atoms with Crippen LogP contribution in [0.4, 0.5) is 0 Å². The Bertz CT molecular complexity index is 197. The van der Waals surface area contributed by atoms with Crippen LogP contribution in [0.25, 0.3) is 0 Å². The highest BCUT2D eigenvalue weighted by Gasteiger charge is 2.15. The summed E-state index contributed by atoms with van der Waals surface area (Å²) >= 11 is 0. The van der Waals surface area contributed by atoms with Gasteiger partial charge in [-0.3, -0.25) is 4.99 Å². The Morgan fingerprint density at radius 3 is 2.36 bits per heavy atom. The van der Waals surface area contributed by atoms with Gasteiger partial charge in [-0.1, -0.05) is 20.8 Å². The van der Waals surface area contributed by atoms with Gasteiger partial charge < -0.3 is 10.6 Å². The van der Waals surface area contributed by atoms with Crippen LogP contribution in [-0.2, 0) is 0 Å². The van der Waals surface area contributed by atoms with E-state index in [-0.39, 0.29) is 5.41 Å². The zero-order valence-corrected chi connectivity index (χ0v) is 9.71. The van der Waals surface area contributed by atoms with Gasteiger partial charge in [0.2, 0.25) is 0 Å². The lowest BCUT2D eigenvalue weighted by atomic mass is 9.95. The molecule has 1 heterocycles. The van der Waals surface area contributed by atoms with Crippen molar-refractivity contribution < 1.29 is 0 Å². The first-order chi connectivity index (χ1) is 6.50. The van der Waals surface area contributed by atoms with Crippen molar-refractivity contribution >= 4 is 5.84 Å². The highest BCUT2D eigenvalue weighted by molar-refractivity contribution is 5.85. The molecule has 3 heteroatoms. The molecule has 0 radical (unpaired) electrons. The summed E-state index contributed by atoms with van der Waals surface area (Å²) in [7, 11) is 0. The van der Waals surface area contributed by atoms with Crippen LogP contribution in [0.5, 0.6) is 0 Å². The molecule has 82 valence electrons. The minimum absolute atomic E-state index is 0.0189. The Morgan fingerprint density at radius 1 is 1.29 bits per heavy atom. The fraction of sp³-hybridized carbons (Fsp3) is 0.909. The van der Waals surface area contributed by atoms with E-state index in [0.717, 1.165) is 18.9 Å². The maximum atomic E-state index is 5.87. The lowest BCUT2D eigenvalue weighted by Gasteiger charge is -2.18. The van der Waals surface area contributed by atoms with Gasteiger partial charge in [-0.2, -0.15) is 0 Å². The summed E-state index contributed by atoms with van der Waals surface area (Å²) in [5, 5.41) is 0. The average Bonchev–Trinajstić information content (AvgIpc) is 2.55. The van der Waals surface area contributed by atoms with Crippen LogP contribution >= 0.6 is 0 Å². The summed E-state index contributed by atoms with van der Waals surface area (Å²) in [6, 6.07) is 0. The van der Waals surface area contributed by atoms with Gasteiger partial charge in [0, 0.05) is 12.0 Å². The van der Waals surface area contributed by atoms with Crippen molar-refractivity contribution in [3.8, 4) is 0 Å². The first kappa shape index (κ1) is 11.5. The van der Waals surface area contributed by atoms with Gasteiger partial charge in [-0.25, -0.2) is 0 Å². The van der Waals surface area contributed by atoms with E-state index >= 15 is 0 Å². The highest BCUT2D eigenvalue weighted by atomic mass is 15.1. The number of hydrogen-bond donors (Lipinski definition) is 1. The SMILES string of the molecule is CC(C)(C)C(N)=NCCN1CCCC1. The maximum absolute atomic E-state index is 5.87. The third-order valence-corrected chi connectivity index (χ3v) is 2.67. The van der Waals surface area contributed by atoms with E-state index in [0.29, 0.717) is 0 Å². The molecule has 0 amide bonds. The average molecular weight is 197 g/mol. The molecule has 0 aromatic heterocycles. The third kappa shape index (κ3) is 3.66. The third-order valence-electron chi connectivity index (χ3n) is 2.67. The Labute approximate surface area is 87.4 Å². The van der Waals surface area contributed by atoms with Crippen molar-refractivity contribution in [1.29, 1.82) is 0 Å². The molecule has 1 aliphatic heterocycles. The molecule has 0 unspecified atom stereocenters. The van der Waals surface area contributed by atoms with Crippen LogP contribution in [0.3, 0.4) is 0 Å². The van der Waals surface area contributed by atoms with E-state index in [2.05, 4.69) is 30.7 Å². The molecule has 0 atom stereocenters. The van der Waals surface area contributed by atoms with Crippen molar-refractivity contribution in [2.75, 3.05) is 26.2 Å². The second kappa shape index (κ2) is 4.78.